The zero-order chi connectivity index (χ0) is 15.6. The Balaban J connectivity index is 2.08. The standard InChI is InChI=1S/C15H27N3O3/c1-15(2,3)21-14(20)18-10-11(9-16)8-12(18)13(19)17-6-4-5-7-17/h11-12H,4-10,16H2,1-3H3. The lowest BCUT2D eigenvalue weighted by Gasteiger charge is -2.30. The number of likely N-dealkylation sites (tertiary alicyclic amines) is 2. The summed E-state index contributed by atoms with van der Waals surface area (Å²) in [6, 6.07) is -0.411. The average molecular weight is 297 g/mol. The minimum absolute atomic E-state index is 0.0503. The van der Waals surface area contributed by atoms with E-state index in [0.717, 1.165) is 25.9 Å². The molecule has 0 saturated carbocycles. The van der Waals surface area contributed by atoms with Gasteiger partial charge in [0.2, 0.25) is 5.91 Å². The van der Waals surface area contributed by atoms with Gasteiger partial charge in [0.05, 0.1) is 0 Å². The van der Waals surface area contributed by atoms with Gasteiger partial charge in [-0.2, -0.15) is 0 Å². The minimum Gasteiger partial charge on any atom is -0.444 e. The number of hydrogen-bond donors (Lipinski definition) is 1. The third kappa shape index (κ3) is 3.87. The zero-order valence-electron chi connectivity index (χ0n) is 13.3. The van der Waals surface area contributed by atoms with E-state index in [9.17, 15) is 9.59 Å². The third-order valence-electron chi connectivity index (χ3n) is 4.05. The van der Waals surface area contributed by atoms with Crippen molar-refractivity contribution in [2.24, 2.45) is 11.7 Å². The van der Waals surface area contributed by atoms with Crippen LogP contribution in [0.5, 0.6) is 0 Å². The molecule has 2 aliphatic rings. The molecule has 120 valence electrons. The van der Waals surface area contributed by atoms with Crippen molar-refractivity contribution >= 4 is 12.0 Å². The lowest BCUT2D eigenvalue weighted by molar-refractivity contribution is -0.134. The van der Waals surface area contributed by atoms with Gasteiger partial charge < -0.3 is 15.4 Å². The van der Waals surface area contributed by atoms with Gasteiger partial charge in [-0.25, -0.2) is 4.79 Å². The molecule has 0 aromatic heterocycles. The van der Waals surface area contributed by atoms with Crippen LogP contribution in [-0.4, -0.2) is 59.6 Å². The van der Waals surface area contributed by atoms with Gasteiger partial charge in [-0.05, 0) is 52.5 Å². The minimum atomic E-state index is -0.556. The highest BCUT2D eigenvalue weighted by Crippen LogP contribution is 2.27. The van der Waals surface area contributed by atoms with Crippen LogP contribution in [-0.2, 0) is 9.53 Å². The maximum absolute atomic E-state index is 12.6. The lowest BCUT2D eigenvalue weighted by atomic mass is 10.1. The molecule has 2 heterocycles. The smallest absolute Gasteiger partial charge is 0.410 e. The fraction of sp³-hybridized carbons (Fsp3) is 0.867. The first-order valence-corrected chi connectivity index (χ1v) is 7.80. The number of nitrogens with two attached hydrogens (primary N) is 1. The SMILES string of the molecule is CC(C)(C)OC(=O)N1CC(CN)CC1C(=O)N1CCCC1. The lowest BCUT2D eigenvalue weighted by Crippen LogP contribution is -2.48. The van der Waals surface area contributed by atoms with E-state index < -0.39 is 17.7 Å². The van der Waals surface area contributed by atoms with Crippen LogP contribution < -0.4 is 5.73 Å². The molecule has 2 rings (SSSR count). The van der Waals surface area contributed by atoms with Gasteiger partial charge in [0.1, 0.15) is 11.6 Å². The molecular weight excluding hydrogens is 270 g/mol. The Bertz CT molecular complexity index is 399. The van der Waals surface area contributed by atoms with Crippen LogP contribution in [0.1, 0.15) is 40.0 Å². The van der Waals surface area contributed by atoms with E-state index in [0.29, 0.717) is 19.5 Å². The van der Waals surface area contributed by atoms with Crippen LogP contribution in [0.2, 0.25) is 0 Å². The van der Waals surface area contributed by atoms with E-state index in [2.05, 4.69) is 0 Å². The van der Waals surface area contributed by atoms with Gasteiger partial charge in [0.15, 0.2) is 0 Å². The van der Waals surface area contributed by atoms with Crippen LogP contribution in [0.3, 0.4) is 0 Å². The molecule has 0 spiro atoms. The second-order valence-corrected chi connectivity index (χ2v) is 7.02. The quantitative estimate of drug-likeness (QED) is 0.831. The van der Waals surface area contributed by atoms with Crippen molar-refractivity contribution < 1.29 is 14.3 Å². The van der Waals surface area contributed by atoms with Crippen molar-refractivity contribution in [1.29, 1.82) is 0 Å². The van der Waals surface area contributed by atoms with Gasteiger partial charge >= 0.3 is 6.09 Å². The van der Waals surface area contributed by atoms with Crippen LogP contribution in [0.4, 0.5) is 4.79 Å². The maximum Gasteiger partial charge on any atom is 0.410 e. The molecule has 2 aliphatic heterocycles. The first-order chi connectivity index (χ1) is 9.81. The molecule has 2 unspecified atom stereocenters. The van der Waals surface area contributed by atoms with E-state index in [1.165, 1.54) is 0 Å². The van der Waals surface area contributed by atoms with Crippen molar-refractivity contribution in [3.63, 3.8) is 0 Å². The summed E-state index contributed by atoms with van der Waals surface area (Å²) in [7, 11) is 0. The number of ether oxygens (including phenoxy) is 1. The number of rotatable bonds is 2. The van der Waals surface area contributed by atoms with Gasteiger partial charge in [0, 0.05) is 19.6 Å². The second kappa shape index (κ2) is 6.22. The molecule has 6 heteroatoms. The number of hydrogen-bond acceptors (Lipinski definition) is 4. The molecule has 21 heavy (non-hydrogen) atoms. The summed E-state index contributed by atoms with van der Waals surface area (Å²) < 4.78 is 5.43. The third-order valence-corrected chi connectivity index (χ3v) is 4.05. The van der Waals surface area contributed by atoms with Crippen molar-refractivity contribution in [2.45, 2.75) is 51.7 Å². The monoisotopic (exact) mass is 297 g/mol. The first kappa shape index (κ1) is 16.1. The first-order valence-electron chi connectivity index (χ1n) is 7.80. The van der Waals surface area contributed by atoms with E-state index in [1.807, 2.05) is 25.7 Å². The molecule has 2 N–H and O–H groups in total. The Morgan fingerprint density at radius 3 is 2.38 bits per heavy atom. The highest BCUT2D eigenvalue weighted by atomic mass is 16.6. The number of carbonyl (C=O) groups is 2. The average Bonchev–Trinajstić information content (AvgIpc) is 3.05. The molecule has 2 fully saturated rings. The van der Waals surface area contributed by atoms with Crippen molar-refractivity contribution in [3.05, 3.63) is 0 Å². The Morgan fingerprint density at radius 2 is 1.86 bits per heavy atom. The molecule has 2 atom stereocenters. The molecule has 2 amide bonds. The number of nitrogens with zero attached hydrogens (tertiary/aromatic N) is 2. The van der Waals surface area contributed by atoms with Crippen LogP contribution in [0.15, 0.2) is 0 Å². The fourth-order valence-electron chi connectivity index (χ4n) is 3.00. The second-order valence-electron chi connectivity index (χ2n) is 7.02. The van der Waals surface area contributed by atoms with E-state index in [4.69, 9.17) is 10.5 Å². The molecule has 0 aromatic carbocycles. The van der Waals surface area contributed by atoms with Crippen molar-refractivity contribution in [2.75, 3.05) is 26.2 Å². The summed E-state index contributed by atoms with van der Waals surface area (Å²) in [6.07, 6.45) is 2.33. The molecule has 6 nitrogen and oxygen atoms in total. The summed E-state index contributed by atoms with van der Waals surface area (Å²) in [5.41, 5.74) is 5.18. The Morgan fingerprint density at radius 1 is 1.24 bits per heavy atom. The normalized spacial score (nSPS) is 26.3. The van der Waals surface area contributed by atoms with Gasteiger partial charge in [-0.15, -0.1) is 0 Å². The Kier molecular flexibility index (Phi) is 4.76. The Hall–Kier alpha value is -1.30. The topological polar surface area (TPSA) is 75.9 Å². The Labute approximate surface area is 126 Å². The highest BCUT2D eigenvalue weighted by Gasteiger charge is 2.42. The summed E-state index contributed by atoms with van der Waals surface area (Å²) >= 11 is 0. The van der Waals surface area contributed by atoms with Crippen LogP contribution in [0.25, 0.3) is 0 Å². The predicted molar refractivity (Wildman–Crippen MR) is 79.7 cm³/mol. The van der Waals surface area contributed by atoms with E-state index >= 15 is 0 Å². The van der Waals surface area contributed by atoms with E-state index in [-0.39, 0.29) is 11.8 Å². The van der Waals surface area contributed by atoms with Crippen LogP contribution in [0, 0.1) is 5.92 Å². The van der Waals surface area contributed by atoms with Gasteiger partial charge in [-0.3, -0.25) is 9.69 Å². The van der Waals surface area contributed by atoms with Crippen molar-refractivity contribution in [1.82, 2.24) is 9.80 Å². The maximum atomic E-state index is 12.6. The molecule has 0 radical (unpaired) electrons. The number of carbonyl (C=O) groups excluding carboxylic acids is 2. The largest absolute Gasteiger partial charge is 0.444 e. The van der Waals surface area contributed by atoms with Crippen LogP contribution >= 0.6 is 0 Å². The molecule has 0 aromatic rings. The van der Waals surface area contributed by atoms with Gasteiger partial charge in [-0.1, -0.05) is 0 Å². The molecule has 0 aliphatic carbocycles. The molecular formula is C15H27N3O3. The summed E-state index contributed by atoms with van der Waals surface area (Å²) in [6.45, 7) is 8.09. The summed E-state index contributed by atoms with van der Waals surface area (Å²) in [4.78, 5) is 28.4. The number of amides is 2. The summed E-state index contributed by atoms with van der Waals surface area (Å²) in [5, 5.41) is 0. The fourth-order valence-corrected chi connectivity index (χ4v) is 3.00. The molecule has 0 bridgehead atoms. The highest BCUT2D eigenvalue weighted by molar-refractivity contribution is 5.86. The van der Waals surface area contributed by atoms with E-state index in [1.54, 1.807) is 4.90 Å². The summed E-state index contributed by atoms with van der Waals surface area (Å²) in [5.74, 6) is 0.225. The zero-order valence-corrected chi connectivity index (χ0v) is 13.3. The van der Waals surface area contributed by atoms with Crippen molar-refractivity contribution in [3.8, 4) is 0 Å². The van der Waals surface area contributed by atoms with Gasteiger partial charge in [0.25, 0.3) is 0 Å². The molecule has 2 saturated heterocycles. The predicted octanol–water partition coefficient (Wildman–Crippen LogP) is 1.19.